The predicted molar refractivity (Wildman–Crippen MR) is 95.6 cm³/mol. The van der Waals surface area contributed by atoms with Crippen LogP contribution < -0.4 is 5.32 Å². The Balaban J connectivity index is 2.51. The monoisotopic (exact) mass is 399 g/mol. The van der Waals surface area contributed by atoms with Gasteiger partial charge in [-0.2, -0.15) is 0 Å². The maximum Gasteiger partial charge on any atom is 0.0591 e. The van der Waals surface area contributed by atoms with Crippen LogP contribution in [0.25, 0.3) is 0 Å². The Kier molecular flexibility index (Phi) is 5.47. The molecule has 0 bridgehead atoms. The molecule has 0 spiro atoms. The van der Waals surface area contributed by atoms with Crippen molar-refractivity contribution in [3.63, 3.8) is 0 Å². The van der Waals surface area contributed by atoms with Crippen LogP contribution in [0, 0.1) is 17.4 Å². The van der Waals surface area contributed by atoms with E-state index < -0.39 is 0 Å². The SMILES string of the molecule is CCNC(c1cccc(I)c1)c1cc(C)c(C)cc1Cl. The fourth-order valence-corrected chi connectivity index (χ4v) is 3.22. The summed E-state index contributed by atoms with van der Waals surface area (Å²) >= 11 is 8.83. The third-order valence-electron chi connectivity index (χ3n) is 3.51. The summed E-state index contributed by atoms with van der Waals surface area (Å²) < 4.78 is 1.24. The molecule has 2 rings (SSSR count). The summed E-state index contributed by atoms with van der Waals surface area (Å²) in [6.07, 6.45) is 0. The van der Waals surface area contributed by atoms with Gasteiger partial charge in [0.15, 0.2) is 0 Å². The van der Waals surface area contributed by atoms with Gasteiger partial charge in [0.1, 0.15) is 0 Å². The van der Waals surface area contributed by atoms with E-state index in [-0.39, 0.29) is 6.04 Å². The molecule has 1 N–H and O–H groups in total. The Morgan fingerprint density at radius 3 is 2.50 bits per heavy atom. The average Bonchev–Trinajstić information content (AvgIpc) is 2.40. The Bertz CT molecular complexity index is 610. The molecule has 1 nitrogen and oxygen atoms in total. The highest BCUT2D eigenvalue weighted by Gasteiger charge is 2.17. The van der Waals surface area contributed by atoms with E-state index in [1.54, 1.807) is 0 Å². The maximum absolute atomic E-state index is 6.48. The lowest BCUT2D eigenvalue weighted by atomic mass is 9.95. The highest BCUT2D eigenvalue weighted by molar-refractivity contribution is 14.1. The van der Waals surface area contributed by atoms with Gasteiger partial charge in [0.2, 0.25) is 0 Å². The van der Waals surface area contributed by atoms with Crippen LogP contribution in [-0.4, -0.2) is 6.54 Å². The Morgan fingerprint density at radius 2 is 1.85 bits per heavy atom. The third-order valence-corrected chi connectivity index (χ3v) is 4.51. The van der Waals surface area contributed by atoms with E-state index in [1.807, 2.05) is 0 Å². The van der Waals surface area contributed by atoms with Crippen molar-refractivity contribution in [3.8, 4) is 0 Å². The number of hydrogen-bond donors (Lipinski definition) is 1. The van der Waals surface area contributed by atoms with Crippen molar-refractivity contribution < 1.29 is 0 Å². The second kappa shape index (κ2) is 6.92. The smallest absolute Gasteiger partial charge is 0.0591 e. The van der Waals surface area contributed by atoms with E-state index in [1.165, 1.54) is 20.3 Å². The molecule has 0 aliphatic heterocycles. The minimum absolute atomic E-state index is 0.140. The van der Waals surface area contributed by atoms with Gasteiger partial charge in [-0.3, -0.25) is 0 Å². The van der Waals surface area contributed by atoms with Crippen molar-refractivity contribution in [2.75, 3.05) is 6.54 Å². The van der Waals surface area contributed by atoms with Gasteiger partial charge in [-0.1, -0.05) is 36.7 Å². The third kappa shape index (κ3) is 3.54. The molecule has 0 aliphatic carbocycles. The van der Waals surface area contributed by atoms with Crippen molar-refractivity contribution in [1.29, 1.82) is 0 Å². The highest BCUT2D eigenvalue weighted by atomic mass is 127. The molecule has 0 saturated heterocycles. The molecule has 0 saturated carbocycles. The molecular weight excluding hydrogens is 381 g/mol. The van der Waals surface area contributed by atoms with Gasteiger partial charge in [0.05, 0.1) is 6.04 Å². The van der Waals surface area contributed by atoms with Gasteiger partial charge in [-0.15, -0.1) is 0 Å². The molecule has 20 heavy (non-hydrogen) atoms. The predicted octanol–water partition coefficient (Wildman–Crippen LogP) is 5.26. The van der Waals surface area contributed by atoms with E-state index in [2.05, 4.69) is 85.1 Å². The van der Waals surface area contributed by atoms with E-state index >= 15 is 0 Å². The molecule has 1 unspecified atom stereocenters. The zero-order chi connectivity index (χ0) is 14.7. The molecule has 2 aromatic rings. The minimum Gasteiger partial charge on any atom is -0.306 e. The van der Waals surface area contributed by atoms with Crippen molar-refractivity contribution in [1.82, 2.24) is 5.32 Å². The average molecular weight is 400 g/mol. The molecule has 106 valence electrons. The fourth-order valence-electron chi connectivity index (χ4n) is 2.32. The molecule has 0 aromatic heterocycles. The molecule has 0 amide bonds. The van der Waals surface area contributed by atoms with Crippen LogP contribution in [0.4, 0.5) is 0 Å². The number of aryl methyl sites for hydroxylation is 2. The quantitative estimate of drug-likeness (QED) is 0.692. The molecule has 3 heteroatoms. The first-order valence-corrected chi connectivity index (χ1v) is 8.24. The van der Waals surface area contributed by atoms with Crippen molar-refractivity contribution >= 4 is 34.2 Å². The molecule has 0 radical (unpaired) electrons. The van der Waals surface area contributed by atoms with E-state index in [9.17, 15) is 0 Å². The zero-order valence-electron chi connectivity index (χ0n) is 12.0. The van der Waals surface area contributed by atoms with E-state index in [0.717, 1.165) is 17.1 Å². The van der Waals surface area contributed by atoms with Crippen LogP contribution in [0.15, 0.2) is 36.4 Å². The lowest BCUT2D eigenvalue weighted by molar-refractivity contribution is 0.630. The van der Waals surface area contributed by atoms with Crippen molar-refractivity contribution in [2.24, 2.45) is 0 Å². The van der Waals surface area contributed by atoms with Crippen LogP contribution in [0.1, 0.15) is 35.2 Å². The van der Waals surface area contributed by atoms with Crippen LogP contribution in [0.3, 0.4) is 0 Å². The molecule has 2 aromatic carbocycles. The van der Waals surface area contributed by atoms with Crippen LogP contribution in [0.2, 0.25) is 5.02 Å². The van der Waals surface area contributed by atoms with E-state index in [4.69, 9.17) is 11.6 Å². The number of benzene rings is 2. The molecule has 1 atom stereocenters. The minimum atomic E-state index is 0.140. The summed E-state index contributed by atoms with van der Waals surface area (Å²) in [6.45, 7) is 7.25. The first-order chi connectivity index (χ1) is 9.52. The van der Waals surface area contributed by atoms with Crippen molar-refractivity contribution in [2.45, 2.75) is 26.8 Å². The maximum atomic E-state index is 6.48. The second-order valence-electron chi connectivity index (χ2n) is 5.00. The first kappa shape index (κ1) is 15.8. The van der Waals surface area contributed by atoms with E-state index in [0.29, 0.717) is 0 Å². The van der Waals surface area contributed by atoms with Crippen LogP contribution in [-0.2, 0) is 0 Å². The Morgan fingerprint density at radius 1 is 1.15 bits per heavy atom. The summed E-state index contributed by atoms with van der Waals surface area (Å²) in [7, 11) is 0. The number of hydrogen-bond acceptors (Lipinski definition) is 1. The fraction of sp³-hybridized carbons (Fsp3) is 0.294. The number of halogens is 2. The Labute approximate surface area is 139 Å². The van der Waals surface area contributed by atoms with Crippen molar-refractivity contribution in [3.05, 3.63) is 67.2 Å². The largest absolute Gasteiger partial charge is 0.306 e. The number of rotatable bonds is 4. The standard InChI is InChI=1S/C17H19ClIN/c1-4-20-17(13-6-5-7-14(19)10-13)15-8-11(2)12(3)9-16(15)18/h5-10,17,20H,4H2,1-3H3. The number of nitrogens with one attached hydrogen (secondary N) is 1. The van der Waals surface area contributed by atoms with Gasteiger partial charge >= 0.3 is 0 Å². The van der Waals surface area contributed by atoms with Gasteiger partial charge in [-0.05, 0) is 83.4 Å². The summed E-state index contributed by atoms with van der Waals surface area (Å²) in [5.74, 6) is 0. The highest BCUT2D eigenvalue weighted by Crippen LogP contribution is 2.31. The van der Waals surface area contributed by atoms with Crippen LogP contribution >= 0.6 is 34.2 Å². The Hall–Kier alpha value is -0.580. The molecule has 0 aliphatic rings. The zero-order valence-corrected chi connectivity index (χ0v) is 14.9. The lowest BCUT2D eigenvalue weighted by Gasteiger charge is -2.21. The summed E-state index contributed by atoms with van der Waals surface area (Å²) in [6, 6.07) is 13.0. The van der Waals surface area contributed by atoms with Gasteiger partial charge in [0, 0.05) is 8.59 Å². The summed E-state index contributed by atoms with van der Waals surface area (Å²) in [5, 5.41) is 4.37. The second-order valence-corrected chi connectivity index (χ2v) is 6.66. The first-order valence-electron chi connectivity index (χ1n) is 6.78. The molecule has 0 heterocycles. The summed E-state index contributed by atoms with van der Waals surface area (Å²) in [5.41, 5.74) is 4.91. The van der Waals surface area contributed by atoms with Crippen LogP contribution in [0.5, 0.6) is 0 Å². The molecule has 0 fully saturated rings. The summed E-state index contributed by atoms with van der Waals surface area (Å²) in [4.78, 5) is 0. The van der Waals surface area contributed by atoms with Gasteiger partial charge in [-0.25, -0.2) is 0 Å². The molecular formula is C17H19ClIN. The lowest BCUT2D eigenvalue weighted by Crippen LogP contribution is -2.22. The topological polar surface area (TPSA) is 12.0 Å². The van der Waals surface area contributed by atoms with Gasteiger partial charge < -0.3 is 5.32 Å². The van der Waals surface area contributed by atoms with Gasteiger partial charge in [0.25, 0.3) is 0 Å². The normalized spacial score (nSPS) is 12.4.